The second-order valence-electron chi connectivity index (χ2n) is 9.47. The van der Waals surface area contributed by atoms with Gasteiger partial charge in [-0.05, 0) is 57.2 Å². The van der Waals surface area contributed by atoms with Crippen molar-refractivity contribution in [3.05, 3.63) is 89.5 Å². The van der Waals surface area contributed by atoms with Gasteiger partial charge < -0.3 is 0 Å². The summed E-state index contributed by atoms with van der Waals surface area (Å²) in [6.07, 6.45) is 0. The van der Waals surface area contributed by atoms with Crippen molar-refractivity contribution in [1.29, 1.82) is 0 Å². The fraction of sp³-hybridized carbons (Fsp3) is 0.333. The Balaban J connectivity index is 1.62. The highest BCUT2D eigenvalue weighted by Gasteiger charge is 2.18. The summed E-state index contributed by atoms with van der Waals surface area (Å²) >= 11 is 0. The average molecular weight is 609 g/mol. The first-order valence-corrected chi connectivity index (χ1v) is 17.1. The third-order valence-corrected chi connectivity index (χ3v) is 10.6. The van der Waals surface area contributed by atoms with E-state index in [0.717, 1.165) is 16.7 Å². The number of hydrogen-bond donors (Lipinski definition) is 3. The fourth-order valence-corrected chi connectivity index (χ4v) is 6.82. The average Bonchev–Trinajstić information content (AvgIpc) is 2.89. The van der Waals surface area contributed by atoms with Gasteiger partial charge in [-0.15, -0.1) is 0 Å². The smallest absolute Gasteiger partial charge is 0.240 e. The molecule has 0 aliphatic carbocycles. The number of rotatable bonds is 15. The van der Waals surface area contributed by atoms with Crippen LogP contribution >= 0.6 is 0 Å². The van der Waals surface area contributed by atoms with Crippen LogP contribution in [0.15, 0.2) is 87.5 Å². The minimum Gasteiger partial charge on any atom is -0.299 e. The van der Waals surface area contributed by atoms with Gasteiger partial charge in [0.2, 0.25) is 30.1 Å². The quantitative estimate of drug-likeness (QED) is 0.240. The van der Waals surface area contributed by atoms with Gasteiger partial charge in [-0.2, -0.15) is 0 Å². The third kappa shape index (κ3) is 9.47. The van der Waals surface area contributed by atoms with Crippen molar-refractivity contribution in [2.75, 3.05) is 39.3 Å². The van der Waals surface area contributed by atoms with E-state index < -0.39 is 30.1 Å². The molecule has 3 aromatic rings. The van der Waals surface area contributed by atoms with Gasteiger partial charge in [0.1, 0.15) is 0 Å². The molecule has 3 rings (SSSR count). The van der Waals surface area contributed by atoms with Crippen LogP contribution in [0, 0.1) is 20.8 Å². The van der Waals surface area contributed by atoms with Crippen LogP contribution in [0.3, 0.4) is 0 Å². The van der Waals surface area contributed by atoms with Gasteiger partial charge in [0.05, 0.1) is 14.7 Å². The van der Waals surface area contributed by atoms with Crippen molar-refractivity contribution in [3.63, 3.8) is 0 Å². The van der Waals surface area contributed by atoms with E-state index in [4.69, 9.17) is 0 Å². The summed E-state index contributed by atoms with van der Waals surface area (Å²) in [4.78, 5) is 2.21. The lowest BCUT2D eigenvalue weighted by atomic mass is 10.2. The van der Waals surface area contributed by atoms with Crippen molar-refractivity contribution in [3.8, 4) is 0 Å². The fourth-order valence-electron chi connectivity index (χ4n) is 3.75. The van der Waals surface area contributed by atoms with E-state index in [0.29, 0.717) is 0 Å². The molecule has 0 saturated heterocycles. The van der Waals surface area contributed by atoms with Crippen LogP contribution in [-0.2, 0) is 30.1 Å². The molecule has 3 N–H and O–H groups in total. The van der Waals surface area contributed by atoms with Crippen molar-refractivity contribution in [1.82, 2.24) is 19.1 Å². The third-order valence-electron chi connectivity index (χ3n) is 6.15. The Kier molecular flexibility index (Phi) is 11.0. The molecule has 0 aliphatic heterocycles. The zero-order valence-corrected chi connectivity index (χ0v) is 25.2. The molecule has 0 spiro atoms. The predicted molar refractivity (Wildman–Crippen MR) is 156 cm³/mol. The number of sulfonamides is 3. The summed E-state index contributed by atoms with van der Waals surface area (Å²) in [7, 11) is -11.2. The molecule has 0 bridgehead atoms. The van der Waals surface area contributed by atoms with Gasteiger partial charge in [-0.25, -0.2) is 39.4 Å². The summed E-state index contributed by atoms with van der Waals surface area (Å²) in [6, 6.07) is 19.4. The topological polar surface area (TPSA) is 142 Å². The van der Waals surface area contributed by atoms with E-state index in [1.165, 1.54) is 36.4 Å². The Bertz CT molecular complexity index is 1380. The largest absolute Gasteiger partial charge is 0.299 e. The molecule has 0 aromatic heterocycles. The second-order valence-corrected chi connectivity index (χ2v) is 14.8. The Morgan fingerprint density at radius 3 is 0.900 bits per heavy atom. The van der Waals surface area contributed by atoms with Crippen LogP contribution in [0.4, 0.5) is 0 Å². The van der Waals surface area contributed by atoms with Crippen LogP contribution in [0.25, 0.3) is 0 Å². The maximum absolute atomic E-state index is 12.7. The molecule has 0 amide bonds. The number of hydrogen-bond acceptors (Lipinski definition) is 7. The van der Waals surface area contributed by atoms with Gasteiger partial charge in [-0.1, -0.05) is 53.1 Å². The summed E-state index contributed by atoms with van der Waals surface area (Å²) in [5.41, 5.74) is 2.81. The molecule has 40 heavy (non-hydrogen) atoms. The molecule has 0 radical (unpaired) electrons. The Hall–Kier alpha value is -2.65. The number of aryl methyl sites for hydroxylation is 3. The van der Waals surface area contributed by atoms with Gasteiger partial charge in [0, 0.05) is 39.3 Å². The van der Waals surface area contributed by atoms with Crippen molar-refractivity contribution in [2.45, 2.75) is 35.5 Å². The minimum atomic E-state index is -3.74. The molecule has 0 saturated carbocycles. The van der Waals surface area contributed by atoms with E-state index >= 15 is 0 Å². The van der Waals surface area contributed by atoms with E-state index in [2.05, 4.69) is 14.2 Å². The highest BCUT2D eigenvalue weighted by molar-refractivity contribution is 7.90. The molecule has 13 heteroatoms. The Morgan fingerprint density at radius 2 is 0.675 bits per heavy atom. The summed E-state index contributed by atoms with van der Waals surface area (Å²) in [6.45, 7) is 6.41. The normalized spacial score (nSPS) is 12.6. The summed E-state index contributed by atoms with van der Waals surface area (Å²) in [5.74, 6) is 0. The first kappa shape index (κ1) is 31.9. The summed E-state index contributed by atoms with van der Waals surface area (Å²) < 4.78 is 83.7. The van der Waals surface area contributed by atoms with E-state index in [1.807, 2.05) is 20.8 Å². The summed E-state index contributed by atoms with van der Waals surface area (Å²) in [5, 5.41) is 0. The van der Waals surface area contributed by atoms with Crippen LogP contribution in [-0.4, -0.2) is 69.4 Å². The lowest BCUT2D eigenvalue weighted by molar-refractivity contribution is 0.287. The van der Waals surface area contributed by atoms with Crippen LogP contribution < -0.4 is 14.2 Å². The van der Waals surface area contributed by atoms with Crippen molar-refractivity contribution < 1.29 is 25.3 Å². The van der Waals surface area contributed by atoms with Gasteiger partial charge in [0.15, 0.2) is 0 Å². The number of benzene rings is 3. The molecule has 0 aliphatic rings. The molecule has 0 fully saturated rings. The molecular weight excluding hydrogens is 573 g/mol. The van der Waals surface area contributed by atoms with Crippen molar-refractivity contribution >= 4 is 30.1 Å². The van der Waals surface area contributed by atoms with Gasteiger partial charge >= 0.3 is 0 Å². The molecule has 10 nitrogen and oxygen atoms in total. The standard InChI is InChI=1S/C27H36N4O6S3/c1-22-4-10-25(11-5-22)38(32,33)28-16-19-31(20-17-29-39(34,35)26-12-6-23(2)7-13-26)21-18-30-40(36,37)27-14-8-24(3)9-15-27/h4-15,28-30H,16-21H2,1-3H3. The van der Waals surface area contributed by atoms with E-state index in [9.17, 15) is 25.3 Å². The monoisotopic (exact) mass is 608 g/mol. The van der Waals surface area contributed by atoms with Crippen LogP contribution in [0.1, 0.15) is 16.7 Å². The maximum Gasteiger partial charge on any atom is 0.240 e. The molecular formula is C27H36N4O6S3. The number of nitrogens with one attached hydrogen (secondary N) is 3. The van der Waals surface area contributed by atoms with E-state index in [1.54, 1.807) is 41.3 Å². The maximum atomic E-state index is 12.7. The first-order chi connectivity index (χ1) is 18.8. The molecule has 0 atom stereocenters. The Labute approximate surface area is 238 Å². The first-order valence-electron chi connectivity index (χ1n) is 12.7. The lowest BCUT2D eigenvalue weighted by Gasteiger charge is -2.23. The second kappa shape index (κ2) is 13.8. The highest BCUT2D eigenvalue weighted by Crippen LogP contribution is 2.12. The van der Waals surface area contributed by atoms with Crippen molar-refractivity contribution in [2.24, 2.45) is 0 Å². The SMILES string of the molecule is Cc1ccc(S(=O)(=O)NCCN(CCNS(=O)(=O)c2ccc(C)cc2)CCNS(=O)(=O)c2ccc(C)cc2)cc1. The predicted octanol–water partition coefficient (Wildman–Crippen LogP) is 2.15. The molecule has 3 aromatic carbocycles. The van der Waals surface area contributed by atoms with Crippen LogP contribution in [0.5, 0.6) is 0 Å². The van der Waals surface area contributed by atoms with Gasteiger partial charge in [-0.3, -0.25) is 4.90 Å². The van der Waals surface area contributed by atoms with E-state index in [-0.39, 0.29) is 54.0 Å². The van der Waals surface area contributed by atoms with Crippen LogP contribution in [0.2, 0.25) is 0 Å². The zero-order chi connectivity index (χ0) is 29.4. The Morgan fingerprint density at radius 1 is 0.450 bits per heavy atom. The lowest BCUT2D eigenvalue weighted by Crippen LogP contribution is -2.43. The molecule has 218 valence electrons. The number of nitrogens with zero attached hydrogens (tertiary/aromatic N) is 1. The zero-order valence-electron chi connectivity index (χ0n) is 22.8. The minimum absolute atomic E-state index is 0.0473. The van der Waals surface area contributed by atoms with Gasteiger partial charge in [0.25, 0.3) is 0 Å². The molecule has 0 heterocycles. The highest BCUT2D eigenvalue weighted by atomic mass is 32.2. The molecule has 0 unspecified atom stereocenters.